The number of halogens is 1. The molecule has 0 bridgehead atoms. The molecular weight excluding hydrogens is 312 g/mol. The zero-order valence-electron chi connectivity index (χ0n) is 9.14. The predicted octanol–water partition coefficient (Wildman–Crippen LogP) is 1.05. The molecule has 0 amide bonds. The molecular formula is C9H11BrN2O4S. The molecule has 2 N–H and O–H groups in total. The van der Waals surface area contributed by atoms with Gasteiger partial charge in [0.05, 0.1) is 19.6 Å². The number of benzene rings is 1. The number of rotatable bonds is 4. The van der Waals surface area contributed by atoms with Crippen LogP contribution in [0.3, 0.4) is 0 Å². The van der Waals surface area contributed by atoms with Crippen LogP contribution in [-0.2, 0) is 10.0 Å². The summed E-state index contributed by atoms with van der Waals surface area (Å²) in [5.41, 5.74) is 0.326. The van der Waals surface area contributed by atoms with Crippen LogP contribution >= 0.6 is 15.9 Å². The van der Waals surface area contributed by atoms with E-state index in [1.807, 2.05) is 4.83 Å². The Morgan fingerprint density at radius 3 is 2.71 bits per heavy atom. The van der Waals surface area contributed by atoms with Crippen LogP contribution in [0.5, 0.6) is 11.5 Å². The van der Waals surface area contributed by atoms with Gasteiger partial charge in [-0.15, -0.1) is 0 Å². The molecule has 0 heterocycles. The van der Waals surface area contributed by atoms with Gasteiger partial charge in [-0.2, -0.15) is 5.10 Å². The molecule has 1 rings (SSSR count). The SMILES string of the molecule is COc1cc(Br)cc(C=NNS(C)(=O)=O)c1O. The first kappa shape index (κ1) is 13.8. The number of sulfonamides is 1. The average Bonchev–Trinajstić information content (AvgIpc) is 2.20. The monoisotopic (exact) mass is 322 g/mol. The molecule has 0 radical (unpaired) electrons. The van der Waals surface area contributed by atoms with Gasteiger partial charge in [-0.1, -0.05) is 15.9 Å². The van der Waals surface area contributed by atoms with E-state index in [-0.39, 0.29) is 11.5 Å². The van der Waals surface area contributed by atoms with E-state index in [2.05, 4.69) is 21.0 Å². The summed E-state index contributed by atoms with van der Waals surface area (Å²) in [6.07, 6.45) is 2.16. The summed E-state index contributed by atoms with van der Waals surface area (Å²) in [5, 5.41) is 13.2. The number of phenols is 1. The highest BCUT2D eigenvalue weighted by atomic mass is 79.9. The minimum Gasteiger partial charge on any atom is -0.504 e. The van der Waals surface area contributed by atoms with Crippen molar-refractivity contribution in [1.29, 1.82) is 0 Å². The van der Waals surface area contributed by atoms with E-state index in [9.17, 15) is 13.5 Å². The lowest BCUT2D eigenvalue weighted by Gasteiger charge is -2.06. The van der Waals surface area contributed by atoms with Crippen LogP contribution in [0, 0.1) is 0 Å². The zero-order chi connectivity index (χ0) is 13.1. The molecule has 0 spiro atoms. The van der Waals surface area contributed by atoms with Gasteiger partial charge >= 0.3 is 0 Å². The summed E-state index contributed by atoms with van der Waals surface area (Å²) in [7, 11) is -1.99. The average molecular weight is 323 g/mol. The second-order valence-electron chi connectivity index (χ2n) is 3.17. The Hall–Kier alpha value is -1.28. The first-order chi connectivity index (χ1) is 7.83. The molecule has 1 aromatic rings. The van der Waals surface area contributed by atoms with E-state index in [0.29, 0.717) is 10.0 Å². The van der Waals surface area contributed by atoms with Gasteiger partial charge < -0.3 is 9.84 Å². The third-order valence-electron chi connectivity index (χ3n) is 1.71. The number of ether oxygens (including phenoxy) is 1. The van der Waals surface area contributed by atoms with Gasteiger partial charge in [0.15, 0.2) is 11.5 Å². The van der Waals surface area contributed by atoms with Crippen molar-refractivity contribution < 1.29 is 18.3 Å². The quantitative estimate of drug-likeness (QED) is 0.640. The van der Waals surface area contributed by atoms with Crippen LogP contribution in [0.4, 0.5) is 0 Å². The molecule has 94 valence electrons. The zero-order valence-corrected chi connectivity index (χ0v) is 11.5. The van der Waals surface area contributed by atoms with E-state index in [0.717, 1.165) is 6.26 Å². The van der Waals surface area contributed by atoms with Gasteiger partial charge in [0, 0.05) is 10.0 Å². The van der Waals surface area contributed by atoms with E-state index < -0.39 is 10.0 Å². The van der Waals surface area contributed by atoms with Crippen molar-refractivity contribution in [1.82, 2.24) is 4.83 Å². The minimum atomic E-state index is -3.41. The highest BCUT2D eigenvalue weighted by molar-refractivity contribution is 9.10. The molecule has 0 aliphatic carbocycles. The van der Waals surface area contributed by atoms with Gasteiger partial charge in [-0.05, 0) is 12.1 Å². The van der Waals surface area contributed by atoms with Crippen molar-refractivity contribution in [3.05, 3.63) is 22.2 Å². The fraction of sp³-hybridized carbons (Fsp3) is 0.222. The van der Waals surface area contributed by atoms with Crippen LogP contribution in [0.1, 0.15) is 5.56 Å². The minimum absolute atomic E-state index is 0.116. The van der Waals surface area contributed by atoms with Gasteiger partial charge in [0.2, 0.25) is 10.0 Å². The Labute approximate surface area is 107 Å². The van der Waals surface area contributed by atoms with Crippen LogP contribution in [-0.4, -0.2) is 33.1 Å². The number of phenolic OH excluding ortho intramolecular Hbond substituents is 1. The van der Waals surface area contributed by atoms with Crippen molar-refractivity contribution >= 4 is 32.2 Å². The van der Waals surface area contributed by atoms with Crippen molar-refractivity contribution in [3.63, 3.8) is 0 Å². The second-order valence-corrected chi connectivity index (χ2v) is 5.81. The molecule has 17 heavy (non-hydrogen) atoms. The summed E-state index contributed by atoms with van der Waals surface area (Å²) < 4.78 is 27.2. The second kappa shape index (κ2) is 5.37. The molecule has 0 unspecified atom stereocenters. The highest BCUT2D eigenvalue weighted by Crippen LogP contribution is 2.32. The number of hydrogen-bond acceptors (Lipinski definition) is 5. The summed E-state index contributed by atoms with van der Waals surface area (Å²) in [4.78, 5) is 1.93. The number of hydrazone groups is 1. The Balaban J connectivity index is 3.02. The van der Waals surface area contributed by atoms with Crippen LogP contribution < -0.4 is 9.57 Å². The van der Waals surface area contributed by atoms with E-state index in [4.69, 9.17) is 4.74 Å². The van der Waals surface area contributed by atoms with Crippen molar-refractivity contribution in [2.75, 3.05) is 13.4 Å². The molecule has 0 saturated carbocycles. The van der Waals surface area contributed by atoms with Gasteiger partial charge in [0.25, 0.3) is 0 Å². The topological polar surface area (TPSA) is 88.0 Å². The molecule has 8 heteroatoms. The molecule has 0 fully saturated rings. The Morgan fingerprint density at radius 2 is 2.18 bits per heavy atom. The number of hydrogen-bond donors (Lipinski definition) is 2. The lowest BCUT2D eigenvalue weighted by Crippen LogP contribution is -2.15. The van der Waals surface area contributed by atoms with Gasteiger partial charge in [0.1, 0.15) is 0 Å². The Morgan fingerprint density at radius 1 is 1.53 bits per heavy atom. The van der Waals surface area contributed by atoms with E-state index in [1.54, 1.807) is 12.1 Å². The summed E-state index contributed by atoms with van der Waals surface area (Å²) in [5.74, 6) is 0.148. The number of methoxy groups -OCH3 is 1. The number of nitrogens with zero attached hydrogens (tertiary/aromatic N) is 1. The first-order valence-corrected chi connectivity index (χ1v) is 7.08. The van der Waals surface area contributed by atoms with Crippen LogP contribution in [0.15, 0.2) is 21.7 Å². The maximum Gasteiger partial charge on any atom is 0.244 e. The molecule has 0 aromatic heterocycles. The third-order valence-corrected chi connectivity index (χ3v) is 2.61. The van der Waals surface area contributed by atoms with E-state index >= 15 is 0 Å². The molecule has 0 atom stereocenters. The first-order valence-electron chi connectivity index (χ1n) is 4.40. The normalized spacial score (nSPS) is 11.7. The Bertz CT molecular complexity index is 542. The predicted molar refractivity (Wildman–Crippen MR) is 67.9 cm³/mol. The third kappa shape index (κ3) is 4.23. The highest BCUT2D eigenvalue weighted by Gasteiger charge is 2.08. The fourth-order valence-corrected chi connectivity index (χ4v) is 1.74. The maximum absolute atomic E-state index is 10.8. The summed E-state index contributed by atoms with van der Waals surface area (Å²) in [6, 6.07) is 3.15. The smallest absolute Gasteiger partial charge is 0.244 e. The lowest BCUT2D eigenvalue weighted by atomic mass is 10.2. The summed E-state index contributed by atoms with van der Waals surface area (Å²) >= 11 is 3.23. The summed E-state index contributed by atoms with van der Waals surface area (Å²) in [6.45, 7) is 0. The number of aromatic hydroxyl groups is 1. The van der Waals surface area contributed by atoms with E-state index in [1.165, 1.54) is 13.3 Å². The fourth-order valence-electron chi connectivity index (χ4n) is 1.04. The molecule has 1 aromatic carbocycles. The van der Waals surface area contributed by atoms with Gasteiger partial charge in [-0.3, -0.25) is 0 Å². The molecule has 0 saturated heterocycles. The van der Waals surface area contributed by atoms with Crippen LogP contribution in [0.2, 0.25) is 0 Å². The van der Waals surface area contributed by atoms with Crippen molar-refractivity contribution in [2.45, 2.75) is 0 Å². The molecule has 0 aliphatic rings. The van der Waals surface area contributed by atoms with Crippen molar-refractivity contribution in [2.24, 2.45) is 5.10 Å². The Kier molecular flexibility index (Phi) is 4.35. The number of nitrogens with one attached hydrogen (secondary N) is 1. The van der Waals surface area contributed by atoms with Crippen LogP contribution in [0.25, 0.3) is 0 Å². The molecule has 6 nitrogen and oxygen atoms in total. The molecule has 0 aliphatic heterocycles. The largest absolute Gasteiger partial charge is 0.504 e. The lowest BCUT2D eigenvalue weighted by molar-refractivity contribution is 0.373. The van der Waals surface area contributed by atoms with Gasteiger partial charge in [-0.25, -0.2) is 13.2 Å². The standard InChI is InChI=1S/C9H11BrN2O4S/c1-16-8-4-7(10)3-6(9(8)13)5-11-12-17(2,14)15/h3-5,12-13H,1-2H3. The van der Waals surface area contributed by atoms with Crippen molar-refractivity contribution in [3.8, 4) is 11.5 Å². The maximum atomic E-state index is 10.8.